The molecule has 0 aromatic heterocycles. The van der Waals surface area contributed by atoms with Crippen LogP contribution in [0.5, 0.6) is 0 Å². The van der Waals surface area contributed by atoms with Gasteiger partial charge < -0.3 is 0 Å². The van der Waals surface area contributed by atoms with Crippen molar-refractivity contribution in [2.45, 2.75) is 0 Å². The molecule has 5 heteroatoms. The van der Waals surface area contributed by atoms with Gasteiger partial charge >= 0.3 is 0 Å². The van der Waals surface area contributed by atoms with Gasteiger partial charge in [-0.3, -0.25) is 0 Å². The van der Waals surface area contributed by atoms with Crippen LogP contribution in [0.3, 0.4) is 0 Å². The molecule has 0 aliphatic heterocycles. The van der Waals surface area contributed by atoms with E-state index < -0.39 is 10.0 Å². The van der Waals surface area contributed by atoms with Crippen molar-refractivity contribution >= 4 is 27.5 Å². The summed E-state index contributed by atoms with van der Waals surface area (Å²) in [6.07, 6.45) is 1.04. The van der Waals surface area contributed by atoms with Gasteiger partial charge in [-0.15, -0.1) is 0 Å². The normalized spacial score (nSPS) is 11.2. The first-order valence-corrected chi connectivity index (χ1v) is 5.32. The Kier molecular flexibility index (Phi) is 2.59. The lowest BCUT2D eigenvalue weighted by Crippen LogP contribution is -2.18. The molecule has 0 aliphatic carbocycles. The SMILES string of the molecule is CS(=O)(=O)N(Cl)c1cc[c]cc1. The van der Waals surface area contributed by atoms with E-state index in [0.29, 0.717) is 9.51 Å². The molecule has 1 radical (unpaired) electrons. The average Bonchev–Trinajstić information content (AvgIpc) is 2.03. The number of benzene rings is 1. The van der Waals surface area contributed by atoms with Crippen LogP contribution in [0.1, 0.15) is 0 Å². The minimum Gasteiger partial charge on any atom is -0.205 e. The zero-order valence-electron chi connectivity index (χ0n) is 6.36. The quantitative estimate of drug-likeness (QED) is 0.683. The Labute approximate surface area is 76.7 Å². The maximum Gasteiger partial charge on any atom is 0.246 e. The molecule has 0 spiro atoms. The third-order valence-electron chi connectivity index (χ3n) is 1.19. The Morgan fingerprint density at radius 2 is 1.92 bits per heavy atom. The van der Waals surface area contributed by atoms with Crippen LogP contribution in [0.25, 0.3) is 0 Å². The summed E-state index contributed by atoms with van der Waals surface area (Å²) in [5.41, 5.74) is 0.415. The van der Waals surface area contributed by atoms with E-state index >= 15 is 0 Å². The third kappa shape index (κ3) is 2.12. The Balaban J connectivity index is 3.02. The van der Waals surface area contributed by atoms with Crippen molar-refractivity contribution in [1.29, 1.82) is 0 Å². The van der Waals surface area contributed by atoms with Crippen LogP contribution in [0.15, 0.2) is 24.3 Å². The van der Waals surface area contributed by atoms with E-state index in [2.05, 4.69) is 6.07 Å². The first-order chi connectivity index (χ1) is 5.52. The van der Waals surface area contributed by atoms with Crippen LogP contribution < -0.4 is 3.82 Å². The molecule has 1 aromatic carbocycles. The predicted molar refractivity (Wildman–Crippen MR) is 48.5 cm³/mol. The van der Waals surface area contributed by atoms with E-state index in [0.717, 1.165) is 6.26 Å². The van der Waals surface area contributed by atoms with E-state index in [1.807, 2.05) is 0 Å². The zero-order chi connectivity index (χ0) is 9.19. The maximum absolute atomic E-state index is 10.9. The molecule has 0 bridgehead atoms. The van der Waals surface area contributed by atoms with Gasteiger partial charge in [-0.05, 0) is 18.2 Å². The summed E-state index contributed by atoms with van der Waals surface area (Å²) >= 11 is 5.51. The molecule has 65 valence electrons. The highest BCUT2D eigenvalue weighted by atomic mass is 35.5. The summed E-state index contributed by atoms with van der Waals surface area (Å²) in [6.45, 7) is 0. The fraction of sp³-hybridized carbons (Fsp3) is 0.143. The van der Waals surface area contributed by atoms with E-state index in [1.165, 1.54) is 0 Å². The predicted octanol–water partition coefficient (Wildman–Crippen LogP) is 1.41. The van der Waals surface area contributed by atoms with Crippen LogP contribution in [0, 0.1) is 6.07 Å². The van der Waals surface area contributed by atoms with Gasteiger partial charge in [0.25, 0.3) is 0 Å². The first kappa shape index (κ1) is 9.35. The van der Waals surface area contributed by atoms with Crippen molar-refractivity contribution in [1.82, 2.24) is 0 Å². The van der Waals surface area contributed by atoms with Crippen molar-refractivity contribution in [3.8, 4) is 0 Å². The summed E-state index contributed by atoms with van der Waals surface area (Å²) in [5, 5.41) is 0. The van der Waals surface area contributed by atoms with Crippen molar-refractivity contribution in [2.75, 3.05) is 10.1 Å². The van der Waals surface area contributed by atoms with Crippen molar-refractivity contribution in [2.24, 2.45) is 0 Å². The average molecular weight is 205 g/mol. The highest BCUT2D eigenvalue weighted by Crippen LogP contribution is 2.18. The Morgan fingerprint density at radius 1 is 1.42 bits per heavy atom. The lowest BCUT2D eigenvalue weighted by molar-refractivity contribution is 0.603. The number of rotatable bonds is 2. The zero-order valence-corrected chi connectivity index (χ0v) is 7.93. The molecule has 1 rings (SSSR count). The molecule has 0 unspecified atom stereocenters. The maximum atomic E-state index is 10.9. The number of hydrogen-bond acceptors (Lipinski definition) is 2. The number of nitrogens with zero attached hydrogens (tertiary/aromatic N) is 1. The smallest absolute Gasteiger partial charge is 0.205 e. The van der Waals surface area contributed by atoms with Crippen molar-refractivity contribution in [3.05, 3.63) is 30.3 Å². The number of anilines is 1. The van der Waals surface area contributed by atoms with E-state index in [9.17, 15) is 8.42 Å². The Morgan fingerprint density at radius 3 is 2.33 bits per heavy atom. The van der Waals surface area contributed by atoms with Gasteiger partial charge in [0, 0.05) is 11.8 Å². The second-order valence-corrected chi connectivity index (χ2v) is 4.61. The van der Waals surface area contributed by atoms with Gasteiger partial charge in [0.05, 0.1) is 11.9 Å². The summed E-state index contributed by atoms with van der Waals surface area (Å²) < 4.78 is 22.5. The molecule has 0 heterocycles. The fourth-order valence-electron chi connectivity index (χ4n) is 0.687. The second kappa shape index (κ2) is 3.33. The van der Waals surface area contributed by atoms with Gasteiger partial charge in [0.1, 0.15) is 0 Å². The van der Waals surface area contributed by atoms with Gasteiger partial charge in [-0.2, -0.15) is 3.82 Å². The molecule has 0 atom stereocenters. The molecular weight excluding hydrogens is 198 g/mol. The molecule has 0 N–H and O–H groups in total. The largest absolute Gasteiger partial charge is 0.246 e. The van der Waals surface area contributed by atoms with Crippen LogP contribution in [0.2, 0.25) is 0 Å². The van der Waals surface area contributed by atoms with E-state index in [-0.39, 0.29) is 0 Å². The van der Waals surface area contributed by atoms with Crippen molar-refractivity contribution in [3.63, 3.8) is 0 Å². The first-order valence-electron chi connectivity index (χ1n) is 3.14. The minimum atomic E-state index is -3.37. The van der Waals surface area contributed by atoms with E-state index in [1.54, 1.807) is 24.3 Å². The Hall–Kier alpha value is -0.740. The highest BCUT2D eigenvalue weighted by molar-refractivity contribution is 7.93. The lowest BCUT2D eigenvalue weighted by Gasteiger charge is -2.11. The van der Waals surface area contributed by atoms with Crippen LogP contribution >= 0.6 is 11.8 Å². The number of halogens is 1. The standard InChI is InChI=1S/C7H7ClNO2S/c1-12(10,11)9(8)7-5-3-2-4-6-7/h3-6H,1H3. The molecule has 3 nitrogen and oxygen atoms in total. The van der Waals surface area contributed by atoms with Crippen LogP contribution in [0.4, 0.5) is 5.69 Å². The van der Waals surface area contributed by atoms with Crippen LogP contribution in [-0.2, 0) is 10.0 Å². The highest BCUT2D eigenvalue weighted by Gasteiger charge is 2.13. The lowest BCUT2D eigenvalue weighted by atomic mass is 10.3. The van der Waals surface area contributed by atoms with Gasteiger partial charge in [-0.1, -0.05) is 12.1 Å². The van der Waals surface area contributed by atoms with Gasteiger partial charge in [0.2, 0.25) is 10.0 Å². The molecule has 0 aliphatic rings. The summed E-state index contributed by atoms with van der Waals surface area (Å²) in [5.74, 6) is 0. The fourth-order valence-corrected chi connectivity index (χ4v) is 1.30. The number of sulfonamides is 1. The second-order valence-electron chi connectivity index (χ2n) is 2.24. The molecule has 1 aromatic rings. The summed E-state index contributed by atoms with van der Waals surface area (Å²) in [6, 6.07) is 9.07. The topological polar surface area (TPSA) is 37.4 Å². The molecule has 0 saturated heterocycles. The third-order valence-corrected chi connectivity index (χ3v) is 2.94. The van der Waals surface area contributed by atoms with Gasteiger partial charge in [-0.25, -0.2) is 8.42 Å². The monoisotopic (exact) mass is 204 g/mol. The molecule has 0 saturated carbocycles. The summed E-state index contributed by atoms with van der Waals surface area (Å²) in [4.78, 5) is 0. The number of hydrogen-bond donors (Lipinski definition) is 0. The molecule has 12 heavy (non-hydrogen) atoms. The van der Waals surface area contributed by atoms with Gasteiger partial charge in [0.15, 0.2) is 0 Å². The van der Waals surface area contributed by atoms with Crippen molar-refractivity contribution < 1.29 is 8.42 Å². The summed E-state index contributed by atoms with van der Waals surface area (Å²) in [7, 11) is -3.37. The molecule has 0 amide bonds. The van der Waals surface area contributed by atoms with Crippen LogP contribution in [-0.4, -0.2) is 14.7 Å². The molecule has 0 fully saturated rings. The minimum absolute atomic E-state index is 0.415. The molecular formula is C7H7ClNO2S. The van der Waals surface area contributed by atoms with E-state index in [4.69, 9.17) is 11.8 Å². The Bertz CT molecular complexity index is 349.